The smallest absolute Gasteiger partial charge is 0.326 e. The quantitative estimate of drug-likeness (QED) is 0.0492. The Morgan fingerprint density at radius 2 is 0.983 bits per heavy atom. The molecule has 0 aliphatic rings. The number of carboxylic acid groups (broad SMARTS) is 3. The fourth-order valence-corrected chi connectivity index (χ4v) is 6.14. The fraction of sp³-hybridized carbons (Fsp3) is 0.814. The standard InChI is InChI=1S/C43H74N2O15/c1-34(46)20-21-35(42(53)54)31-37(48)32-59-29-28-58-26-24-44-40(50)33-60-30-27-57-25-16-17-36(47)22-23-38(43(55)56)45-39(49)18-14-12-10-8-6-4-2-3-5-7-9-11-13-15-19-41(51)52/h35,38H,2-33H2,1H3,(H,44,50)(H,45,49)(H,51,52)(H,53,54)(H,55,56)/t35-,38+/m1/s1. The van der Waals surface area contributed by atoms with E-state index in [4.69, 9.17) is 24.1 Å². The minimum absolute atomic E-state index is 0.0233. The summed E-state index contributed by atoms with van der Waals surface area (Å²) < 4.78 is 21.2. The second-order valence-electron chi connectivity index (χ2n) is 15.2. The number of hydrogen-bond acceptors (Lipinski definition) is 12. The molecule has 346 valence electrons. The van der Waals surface area contributed by atoms with Gasteiger partial charge in [-0.2, -0.15) is 0 Å². The van der Waals surface area contributed by atoms with Gasteiger partial charge in [-0.25, -0.2) is 4.79 Å². The van der Waals surface area contributed by atoms with Crippen LogP contribution in [0.25, 0.3) is 0 Å². The molecule has 0 saturated heterocycles. The number of nitrogens with one attached hydrogen (secondary N) is 2. The van der Waals surface area contributed by atoms with Crippen molar-refractivity contribution in [1.82, 2.24) is 10.6 Å². The summed E-state index contributed by atoms with van der Waals surface area (Å²) in [5, 5.41) is 32.5. The van der Waals surface area contributed by atoms with Crippen molar-refractivity contribution in [2.24, 2.45) is 5.92 Å². The summed E-state index contributed by atoms with van der Waals surface area (Å²) in [5.41, 5.74) is 0. The van der Waals surface area contributed by atoms with Crippen molar-refractivity contribution in [1.29, 1.82) is 0 Å². The highest BCUT2D eigenvalue weighted by Gasteiger charge is 2.22. The zero-order chi connectivity index (χ0) is 44.6. The molecule has 17 heteroatoms. The normalized spacial score (nSPS) is 12.1. The predicted octanol–water partition coefficient (Wildman–Crippen LogP) is 5.22. The molecule has 0 heterocycles. The van der Waals surface area contributed by atoms with Gasteiger partial charge in [-0.05, 0) is 39.0 Å². The number of rotatable bonds is 45. The number of carboxylic acids is 3. The highest BCUT2D eigenvalue weighted by Crippen LogP contribution is 2.15. The van der Waals surface area contributed by atoms with Crippen molar-refractivity contribution in [3.05, 3.63) is 0 Å². The van der Waals surface area contributed by atoms with Gasteiger partial charge in [-0.3, -0.25) is 28.8 Å². The monoisotopic (exact) mass is 859 g/mol. The number of Topliss-reactive ketones (excluding diaryl/α,β-unsaturated/α-hetero) is 3. The maximum atomic E-state index is 12.3. The molecule has 0 aromatic heterocycles. The number of hydrogen-bond donors (Lipinski definition) is 5. The highest BCUT2D eigenvalue weighted by molar-refractivity contribution is 5.86. The molecule has 0 fully saturated rings. The summed E-state index contributed by atoms with van der Waals surface area (Å²) in [6, 6.07) is -1.11. The van der Waals surface area contributed by atoms with E-state index in [2.05, 4.69) is 10.6 Å². The van der Waals surface area contributed by atoms with Crippen LogP contribution in [0.2, 0.25) is 0 Å². The van der Waals surface area contributed by atoms with Crippen molar-refractivity contribution in [2.75, 3.05) is 59.4 Å². The topological polar surface area (TPSA) is 258 Å². The molecule has 0 saturated carbocycles. The van der Waals surface area contributed by atoms with Crippen molar-refractivity contribution in [3.63, 3.8) is 0 Å². The molecule has 0 bridgehead atoms. The van der Waals surface area contributed by atoms with E-state index in [1.165, 1.54) is 51.9 Å². The molecule has 2 atom stereocenters. The number of carbonyl (C=O) groups is 8. The SMILES string of the molecule is CC(=O)CC[C@H](CC(=O)COCCOCCNC(=O)COCCOCCCC(=O)CC[C@H](NC(=O)CCCCCCCCCCCCCCCCC(=O)O)C(=O)O)C(=O)O. The average Bonchev–Trinajstić information content (AvgIpc) is 3.19. The Morgan fingerprint density at radius 3 is 1.52 bits per heavy atom. The number of aliphatic carboxylic acids is 3. The van der Waals surface area contributed by atoms with Gasteiger partial charge < -0.3 is 49.7 Å². The number of unbranched alkanes of at least 4 members (excludes halogenated alkanes) is 13. The first kappa shape index (κ1) is 56.2. The summed E-state index contributed by atoms with van der Waals surface area (Å²) in [6.45, 7) is 2.32. The van der Waals surface area contributed by atoms with Crippen LogP contribution in [0.3, 0.4) is 0 Å². The second kappa shape index (κ2) is 39.3. The summed E-state index contributed by atoms with van der Waals surface area (Å²) >= 11 is 0. The molecule has 0 rings (SSSR count). The predicted molar refractivity (Wildman–Crippen MR) is 221 cm³/mol. The molecule has 0 aliphatic heterocycles. The molecular weight excluding hydrogens is 784 g/mol. The highest BCUT2D eigenvalue weighted by atomic mass is 16.5. The fourth-order valence-electron chi connectivity index (χ4n) is 6.14. The number of amides is 2. The average molecular weight is 859 g/mol. The van der Waals surface area contributed by atoms with Crippen LogP contribution in [0.4, 0.5) is 0 Å². The van der Waals surface area contributed by atoms with E-state index in [0.29, 0.717) is 19.4 Å². The third-order valence-corrected chi connectivity index (χ3v) is 9.61. The molecule has 60 heavy (non-hydrogen) atoms. The Morgan fingerprint density at radius 1 is 0.467 bits per heavy atom. The zero-order valence-electron chi connectivity index (χ0n) is 36.0. The summed E-state index contributed by atoms with van der Waals surface area (Å²) in [7, 11) is 0. The van der Waals surface area contributed by atoms with Gasteiger partial charge in [0.15, 0.2) is 5.78 Å². The van der Waals surface area contributed by atoms with Gasteiger partial charge in [0.2, 0.25) is 11.8 Å². The third-order valence-electron chi connectivity index (χ3n) is 9.61. The van der Waals surface area contributed by atoms with Crippen molar-refractivity contribution in [2.45, 2.75) is 161 Å². The van der Waals surface area contributed by atoms with Gasteiger partial charge in [0.05, 0.1) is 39.0 Å². The van der Waals surface area contributed by atoms with Crippen LogP contribution < -0.4 is 10.6 Å². The number of ketones is 3. The van der Waals surface area contributed by atoms with Gasteiger partial charge in [-0.15, -0.1) is 0 Å². The van der Waals surface area contributed by atoms with Gasteiger partial charge in [0.25, 0.3) is 0 Å². The van der Waals surface area contributed by atoms with Crippen molar-refractivity contribution >= 4 is 47.1 Å². The van der Waals surface area contributed by atoms with Crippen LogP contribution in [-0.4, -0.2) is 128 Å². The molecule has 0 aromatic rings. The van der Waals surface area contributed by atoms with E-state index < -0.39 is 29.9 Å². The van der Waals surface area contributed by atoms with E-state index in [1.54, 1.807) is 0 Å². The lowest BCUT2D eigenvalue weighted by Crippen LogP contribution is -2.41. The summed E-state index contributed by atoms with van der Waals surface area (Å²) in [4.78, 5) is 93.0. The van der Waals surface area contributed by atoms with Crippen LogP contribution >= 0.6 is 0 Å². The second-order valence-corrected chi connectivity index (χ2v) is 15.2. The van der Waals surface area contributed by atoms with Crippen molar-refractivity contribution < 1.29 is 72.6 Å². The molecule has 2 amide bonds. The zero-order valence-corrected chi connectivity index (χ0v) is 36.0. The lowest BCUT2D eigenvalue weighted by atomic mass is 9.96. The minimum atomic E-state index is -1.17. The number of ether oxygens (including phenoxy) is 4. The molecule has 0 spiro atoms. The first-order chi connectivity index (χ1) is 28.8. The van der Waals surface area contributed by atoms with Crippen LogP contribution in [0.1, 0.15) is 155 Å². The van der Waals surface area contributed by atoms with Crippen LogP contribution in [0.5, 0.6) is 0 Å². The molecule has 0 aliphatic carbocycles. The third kappa shape index (κ3) is 38.4. The van der Waals surface area contributed by atoms with E-state index in [0.717, 1.165) is 38.5 Å². The van der Waals surface area contributed by atoms with E-state index >= 15 is 0 Å². The van der Waals surface area contributed by atoms with E-state index in [-0.39, 0.29) is 133 Å². The first-order valence-corrected chi connectivity index (χ1v) is 21.9. The van der Waals surface area contributed by atoms with Gasteiger partial charge in [-0.1, -0.05) is 77.0 Å². The molecule has 5 N–H and O–H groups in total. The van der Waals surface area contributed by atoms with Crippen molar-refractivity contribution in [3.8, 4) is 0 Å². The van der Waals surface area contributed by atoms with Gasteiger partial charge in [0, 0.05) is 51.7 Å². The van der Waals surface area contributed by atoms with E-state index in [9.17, 15) is 48.6 Å². The van der Waals surface area contributed by atoms with Gasteiger partial charge in [0.1, 0.15) is 30.8 Å². The summed E-state index contributed by atoms with van der Waals surface area (Å²) in [6.07, 6.45) is 16.3. The Hall–Kier alpha value is -3.80. The lowest BCUT2D eigenvalue weighted by Gasteiger charge is -2.14. The van der Waals surface area contributed by atoms with E-state index in [1.807, 2.05) is 0 Å². The lowest BCUT2D eigenvalue weighted by molar-refractivity contribution is -0.145. The van der Waals surface area contributed by atoms with Crippen LogP contribution in [-0.2, 0) is 57.3 Å². The maximum absolute atomic E-state index is 12.3. The molecule has 17 nitrogen and oxygen atoms in total. The molecule has 0 unspecified atom stereocenters. The Balaban J connectivity index is 3.72. The Bertz CT molecular complexity index is 1230. The Kier molecular flexibility index (Phi) is 36.9. The van der Waals surface area contributed by atoms with Gasteiger partial charge >= 0.3 is 17.9 Å². The number of carbonyl (C=O) groups excluding carboxylic acids is 5. The summed E-state index contributed by atoms with van der Waals surface area (Å²) in [5.74, 6) is -5.23. The van der Waals surface area contributed by atoms with Crippen LogP contribution in [0.15, 0.2) is 0 Å². The molecule has 0 aromatic carbocycles. The minimum Gasteiger partial charge on any atom is -0.481 e. The Labute approximate surface area is 355 Å². The largest absolute Gasteiger partial charge is 0.481 e. The molecule has 0 radical (unpaired) electrons. The first-order valence-electron chi connectivity index (χ1n) is 21.9. The molecular formula is C43H74N2O15. The van der Waals surface area contributed by atoms with Crippen LogP contribution in [0, 0.1) is 5.92 Å². The maximum Gasteiger partial charge on any atom is 0.326 e.